The van der Waals surface area contributed by atoms with E-state index in [2.05, 4.69) is 62.4 Å². The van der Waals surface area contributed by atoms with Crippen LogP contribution in [0.15, 0.2) is 59.4 Å². The molecule has 5 rings (SSSR count). The van der Waals surface area contributed by atoms with Crippen molar-refractivity contribution < 1.29 is 4.74 Å². The first kappa shape index (κ1) is 25.3. The highest BCUT2D eigenvalue weighted by atomic mass is 16.5. The van der Waals surface area contributed by atoms with Gasteiger partial charge < -0.3 is 9.72 Å². The van der Waals surface area contributed by atoms with Crippen molar-refractivity contribution in [3.05, 3.63) is 87.5 Å². The third kappa shape index (κ3) is 6.12. The fraction of sp³-hybridized carbons (Fsp3) is 0.429. The van der Waals surface area contributed by atoms with E-state index >= 15 is 0 Å². The summed E-state index contributed by atoms with van der Waals surface area (Å²) in [6.07, 6.45) is 0.822. The first-order valence-electron chi connectivity index (χ1n) is 13.1. The third-order valence-electron chi connectivity index (χ3n) is 7.12. The van der Waals surface area contributed by atoms with Gasteiger partial charge in [0, 0.05) is 43.8 Å². The van der Waals surface area contributed by atoms with E-state index < -0.39 is 0 Å². The number of hydrogen-bond acceptors (Lipinski definition) is 7. The number of rotatable bonds is 10. The first-order valence-corrected chi connectivity index (χ1v) is 13.1. The molecule has 0 amide bonds. The molecule has 9 nitrogen and oxygen atoms in total. The highest BCUT2D eigenvalue weighted by Gasteiger charge is 2.26. The SMILES string of the molecule is CC[C@H](c1nnnn1Cc1ccccc1)N(CCN1CCOCC1)Cc1cc2cc(C)ccc2[nH]c1=O. The maximum absolute atomic E-state index is 13.1. The molecule has 2 aromatic heterocycles. The van der Waals surface area contributed by atoms with E-state index in [9.17, 15) is 4.79 Å². The molecule has 1 atom stereocenters. The van der Waals surface area contributed by atoms with Crippen LogP contribution in [0.4, 0.5) is 0 Å². The van der Waals surface area contributed by atoms with Gasteiger partial charge >= 0.3 is 0 Å². The van der Waals surface area contributed by atoms with Gasteiger partial charge in [-0.05, 0) is 52.9 Å². The molecule has 4 aromatic rings. The number of ether oxygens (including phenoxy) is 1. The number of aromatic nitrogens is 5. The van der Waals surface area contributed by atoms with Crippen molar-refractivity contribution in [1.29, 1.82) is 0 Å². The van der Waals surface area contributed by atoms with Gasteiger partial charge in [-0.3, -0.25) is 14.6 Å². The Hall–Kier alpha value is -3.40. The Balaban J connectivity index is 1.45. The molecule has 9 heteroatoms. The predicted molar refractivity (Wildman–Crippen MR) is 143 cm³/mol. The predicted octanol–water partition coefficient (Wildman–Crippen LogP) is 3.16. The molecule has 1 aliphatic rings. The van der Waals surface area contributed by atoms with Gasteiger partial charge in [0.25, 0.3) is 5.56 Å². The Morgan fingerprint density at radius 2 is 1.92 bits per heavy atom. The van der Waals surface area contributed by atoms with Crippen LogP contribution in [0.1, 0.15) is 41.9 Å². The number of nitrogens with zero attached hydrogens (tertiary/aromatic N) is 6. The van der Waals surface area contributed by atoms with E-state index in [0.717, 1.165) is 73.7 Å². The molecule has 1 fully saturated rings. The number of H-pyrrole nitrogens is 1. The van der Waals surface area contributed by atoms with Crippen molar-refractivity contribution in [1.82, 2.24) is 35.0 Å². The van der Waals surface area contributed by atoms with Crippen LogP contribution < -0.4 is 5.56 Å². The van der Waals surface area contributed by atoms with Crippen LogP contribution in [0.5, 0.6) is 0 Å². The van der Waals surface area contributed by atoms with E-state index in [1.165, 1.54) is 5.56 Å². The lowest BCUT2D eigenvalue weighted by molar-refractivity contribution is 0.0292. The number of pyridine rings is 1. The summed E-state index contributed by atoms with van der Waals surface area (Å²) in [6.45, 7) is 10.4. The molecule has 0 aliphatic carbocycles. The molecule has 3 heterocycles. The molecule has 1 saturated heterocycles. The van der Waals surface area contributed by atoms with E-state index in [0.29, 0.717) is 13.1 Å². The van der Waals surface area contributed by atoms with Crippen molar-refractivity contribution >= 4 is 10.9 Å². The van der Waals surface area contributed by atoms with Gasteiger partial charge in [0.05, 0.1) is 25.8 Å². The zero-order valence-electron chi connectivity index (χ0n) is 21.6. The lowest BCUT2D eigenvalue weighted by atomic mass is 10.1. The van der Waals surface area contributed by atoms with Gasteiger partial charge in [-0.1, -0.05) is 48.9 Å². The molecule has 2 aromatic carbocycles. The Kier molecular flexibility index (Phi) is 8.03. The van der Waals surface area contributed by atoms with Crippen molar-refractivity contribution in [3.63, 3.8) is 0 Å². The highest BCUT2D eigenvalue weighted by molar-refractivity contribution is 5.79. The minimum absolute atomic E-state index is 0.0349. The van der Waals surface area contributed by atoms with E-state index in [1.54, 1.807) is 0 Å². The lowest BCUT2D eigenvalue weighted by Gasteiger charge is -2.33. The number of benzene rings is 2. The monoisotopic (exact) mass is 501 g/mol. The van der Waals surface area contributed by atoms with Gasteiger partial charge in [0.1, 0.15) is 0 Å². The molecule has 0 saturated carbocycles. The van der Waals surface area contributed by atoms with Gasteiger partial charge in [-0.15, -0.1) is 5.10 Å². The number of fused-ring (bicyclic) bond motifs is 1. The van der Waals surface area contributed by atoms with Crippen LogP contribution in [-0.2, 0) is 17.8 Å². The van der Waals surface area contributed by atoms with Gasteiger partial charge in [0.15, 0.2) is 5.82 Å². The van der Waals surface area contributed by atoms with E-state index in [4.69, 9.17) is 4.74 Å². The zero-order chi connectivity index (χ0) is 25.6. The fourth-order valence-corrected chi connectivity index (χ4v) is 5.07. The van der Waals surface area contributed by atoms with Gasteiger partial charge in [-0.25, -0.2) is 4.68 Å². The van der Waals surface area contributed by atoms with Crippen molar-refractivity contribution in [2.75, 3.05) is 39.4 Å². The second-order valence-corrected chi connectivity index (χ2v) is 9.74. The summed E-state index contributed by atoms with van der Waals surface area (Å²) in [7, 11) is 0. The van der Waals surface area contributed by atoms with Crippen molar-refractivity contribution in [2.45, 2.75) is 39.4 Å². The second kappa shape index (κ2) is 11.8. The maximum atomic E-state index is 13.1. The maximum Gasteiger partial charge on any atom is 0.252 e. The van der Waals surface area contributed by atoms with Crippen LogP contribution in [0.2, 0.25) is 0 Å². The summed E-state index contributed by atoms with van der Waals surface area (Å²) in [5.74, 6) is 0.821. The summed E-state index contributed by atoms with van der Waals surface area (Å²) < 4.78 is 7.43. The average molecular weight is 502 g/mol. The topological polar surface area (TPSA) is 92.2 Å². The quantitative estimate of drug-likeness (QED) is 0.357. The summed E-state index contributed by atoms with van der Waals surface area (Å²) in [4.78, 5) is 21.0. The van der Waals surface area contributed by atoms with E-state index in [-0.39, 0.29) is 11.6 Å². The van der Waals surface area contributed by atoms with Crippen molar-refractivity contribution in [2.24, 2.45) is 0 Å². The molecule has 0 unspecified atom stereocenters. The molecule has 0 spiro atoms. The summed E-state index contributed by atoms with van der Waals surface area (Å²) in [6, 6.07) is 18.3. The van der Waals surface area contributed by atoms with Gasteiger partial charge in [-0.2, -0.15) is 0 Å². The number of aryl methyl sites for hydroxylation is 1. The van der Waals surface area contributed by atoms with Crippen LogP contribution in [0, 0.1) is 6.92 Å². The molecule has 194 valence electrons. The normalized spacial score (nSPS) is 15.4. The summed E-state index contributed by atoms with van der Waals surface area (Å²) >= 11 is 0. The second-order valence-electron chi connectivity index (χ2n) is 9.74. The zero-order valence-corrected chi connectivity index (χ0v) is 21.6. The number of aromatic amines is 1. The van der Waals surface area contributed by atoms with Crippen LogP contribution >= 0.6 is 0 Å². The number of hydrogen-bond donors (Lipinski definition) is 1. The Morgan fingerprint density at radius 3 is 2.70 bits per heavy atom. The summed E-state index contributed by atoms with van der Waals surface area (Å²) in [5.41, 5.74) is 3.87. The van der Waals surface area contributed by atoms with Crippen LogP contribution in [0.25, 0.3) is 10.9 Å². The molecular formula is C28H35N7O2. The molecule has 0 bridgehead atoms. The number of nitrogens with one attached hydrogen (secondary N) is 1. The van der Waals surface area contributed by atoms with E-state index in [1.807, 2.05) is 41.1 Å². The van der Waals surface area contributed by atoms with Crippen LogP contribution in [0.3, 0.4) is 0 Å². The van der Waals surface area contributed by atoms with Crippen LogP contribution in [-0.4, -0.2) is 74.4 Å². The smallest absolute Gasteiger partial charge is 0.252 e. The molecular weight excluding hydrogens is 466 g/mol. The molecule has 37 heavy (non-hydrogen) atoms. The Morgan fingerprint density at radius 1 is 1.11 bits per heavy atom. The lowest BCUT2D eigenvalue weighted by Crippen LogP contribution is -2.43. The molecule has 0 radical (unpaired) electrons. The average Bonchev–Trinajstić information content (AvgIpc) is 3.37. The largest absolute Gasteiger partial charge is 0.379 e. The Bertz CT molecular complexity index is 1360. The van der Waals surface area contributed by atoms with Crippen molar-refractivity contribution in [3.8, 4) is 0 Å². The number of morpholine rings is 1. The molecule has 1 N–H and O–H groups in total. The first-order chi connectivity index (χ1) is 18.1. The third-order valence-corrected chi connectivity index (χ3v) is 7.12. The van der Waals surface area contributed by atoms with Gasteiger partial charge in [0.2, 0.25) is 0 Å². The Labute approximate surface area is 217 Å². The minimum atomic E-state index is -0.0496. The number of tetrazole rings is 1. The fourth-order valence-electron chi connectivity index (χ4n) is 5.07. The standard InChI is InChI=1S/C28H35N7O2/c1-3-26(27-30-31-32-35(27)19-22-7-5-4-6-8-22)34(12-11-33-13-15-37-16-14-33)20-24-18-23-17-21(2)9-10-25(23)29-28(24)36/h4-10,17-18,26H,3,11-16,19-20H2,1-2H3,(H,29,36)/t26-/m1/s1. The molecule has 1 aliphatic heterocycles. The highest BCUT2D eigenvalue weighted by Crippen LogP contribution is 2.25. The minimum Gasteiger partial charge on any atom is -0.379 e. The summed E-state index contributed by atoms with van der Waals surface area (Å²) in [5, 5.41) is 13.9.